The maximum Gasteiger partial charge on any atom is 0.119 e. The third kappa shape index (κ3) is 2.79. The summed E-state index contributed by atoms with van der Waals surface area (Å²) in [7, 11) is 1.71. The van der Waals surface area contributed by atoms with Crippen molar-refractivity contribution >= 4 is 0 Å². The summed E-state index contributed by atoms with van der Waals surface area (Å²) in [5, 5.41) is 3.77. The summed E-state index contributed by atoms with van der Waals surface area (Å²) in [6.07, 6.45) is 4.85. The number of aromatic nitrogens is 1. The molecule has 0 bridgehead atoms. The Morgan fingerprint density at radius 2 is 1.90 bits per heavy atom. The maximum absolute atomic E-state index is 5.34. The highest BCUT2D eigenvalue weighted by atomic mass is 16.5. The smallest absolute Gasteiger partial charge is 0.119 e. The van der Waals surface area contributed by atoms with Gasteiger partial charge in [0.2, 0.25) is 0 Å². The molecule has 2 aromatic rings. The number of hydrogen-bond acceptors (Lipinski definition) is 3. The van der Waals surface area contributed by atoms with Gasteiger partial charge in [-0.2, -0.15) is 0 Å². The minimum Gasteiger partial charge on any atom is -0.497 e. The molecule has 0 radical (unpaired) electrons. The van der Waals surface area contributed by atoms with Gasteiger partial charge < -0.3 is 10.1 Å². The van der Waals surface area contributed by atoms with Crippen molar-refractivity contribution in [2.75, 3.05) is 7.11 Å². The van der Waals surface area contributed by atoms with Crippen molar-refractivity contribution in [1.29, 1.82) is 0 Å². The molecule has 1 aliphatic heterocycles. The van der Waals surface area contributed by atoms with E-state index in [0.29, 0.717) is 12.0 Å². The van der Waals surface area contributed by atoms with Crippen molar-refractivity contribution in [3.05, 3.63) is 59.9 Å². The number of pyridine rings is 1. The lowest BCUT2D eigenvalue weighted by Gasteiger charge is -2.27. The Kier molecular flexibility index (Phi) is 3.68. The zero-order chi connectivity index (χ0) is 14.9. The molecule has 0 amide bonds. The molecule has 1 N–H and O–H groups in total. The Morgan fingerprint density at radius 1 is 1.14 bits per heavy atom. The number of hydrogen-bond donors (Lipinski definition) is 1. The van der Waals surface area contributed by atoms with E-state index in [1.165, 1.54) is 11.1 Å². The molecule has 110 valence electrons. The van der Waals surface area contributed by atoms with Gasteiger partial charge in [0.25, 0.3) is 0 Å². The average molecular weight is 282 g/mol. The van der Waals surface area contributed by atoms with Gasteiger partial charge in [0.05, 0.1) is 7.11 Å². The van der Waals surface area contributed by atoms with E-state index in [1.807, 2.05) is 18.5 Å². The summed E-state index contributed by atoms with van der Waals surface area (Å²) >= 11 is 0. The van der Waals surface area contributed by atoms with Crippen LogP contribution < -0.4 is 10.1 Å². The van der Waals surface area contributed by atoms with Crippen molar-refractivity contribution in [3.8, 4) is 5.75 Å². The van der Waals surface area contributed by atoms with Gasteiger partial charge >= 0.3 is 0 Å². The fourth-order valence-corrected chi connectivity index (χ4v) is 3.37. The molecule has 1 aliphatic rings. The van der Waals surface area contributed by atoms with Gasteiger partial charge in [-0.25, -0.2) is 0 Å². The summed E-state index contributed by atoms with van der Waals surface area (Å²) < 4.78 is 5.34. The third-order valence-electron chi connectivity index (χ3n) is 4.49. The predicted octanol–water partition coefficient (Wildman–Crippen LogP) is 3.69. The first-order chi connectivity index (χ1) is 10.1. The zero-order valence-corrected chi connectivity index (χ0v) is 12.8. The van der Waals surface area contributed by atoms with E-state index >= 15 is 0 Å². The molecule has 0 aliphatic carbocycles. The highest BCUT2D eigenvalue weighted by Crippen LogP contribution is 2.43. The Bertz CT molecular complexity index is 610. The number of ether oxygens (including phenoxy) is 1. The van der Waals surface area contributed by atoms with Crippen LogP contribution >= 0.6 is 0 Å². The molecule has 0 saturated carbocycles. The lowest BCUT2D eigenvalue weighted by molar-refractivity contribution is 0.395. The van der Waals surface area contributed by atoms with E-state index in [-0.39, 0.29) is 5.54 Å². The fraction of sp³-hybridized carbons (Fsp3) is 0.389. The fourth-order valence-electron chi connectivity index (χ4n) is 3.37. The topological polar surface area (TPSA) is 34.1 Å². The Hall–Kier alpha value is -1.87. The lowest BCUT2D eigenvalue weighted by atomic mass is 9.83. The second-order valence-corrected chi connectivity index (χ2v) is 6.26. The van der Waals surface area contributed by atoms with E-state index in [4.69, 9.17) is 4.74 Å². The van der Waals surface area contributed by atoms with Crippen molar-refractivity contribution in [2.24, 2.45) is 0 Å². The number of nitrogens with zero attached hydrogens (tertiary/aromatic N) is 1. The van der Waals surface area contributed by atoms with Gasteiger partial charge in [0, 0.05) is 29.9 Å². The molecule has 0 unspecified atom stereocenters. The highest BCUT2D eigenvalue weighted by molar-refractivity contribution is 5.34. The molecular formula is C18H22N2O. The van der Waals surface area contributed by atoms with Crippen LogP contribution in [-0.4, -0.2) is 17.6 Å². The maximum atomic E-state index is 5.34. The molecule has 2 heterocycles. The number of methoxy groups -OCH3 is 1. The molecule has 1 aromatic heterocycles. The van der Waals surface area contributed by atoms with E-state index in [0.717, 1.165) is 12.2 Å². The number of nitrogens with one attached hydrogen (secondary N) is 1. The van der Waals surface area contributed by atoms with Crippen LogP contribution in [0.5, 0.6) is 5.75 Å². The molecule has 2 atom stereocenters. The zero-order valence-electron chi connectivity index (χ0n) is 12.8. The van der Waals surface area contributed by atoms with Crippen LogP contribution in [0.2, 0.25) is 0 Å². The van der Waals surface area contributed by atoms with Crippen LogP contribution in [0.15, 0.2) is 48.8 Å². The molecular weight excluding hydrogens is 260 g/mol. The van der Waals surface area contributed by atoms with Crippen molar-refractivity contribution < 1.29 is 4.74 Å². The normalized spacial score (nSPS) is 24.0. The molecule has 3 rings (SSSR count). The van der Waals surface area contributed by atoms with Crippen LogP contribution in [0.25, 0.3) is 0 Å². The van der Waals surface area contributed by atoms with Gasteiger partial charge in [-0.1, -0.05) is 12.1 Å². The Morgan fingerprint density at radius 3 is 2.62 bits per heavy atom. The molecule has 1 saturated heterocycles. The highest BCUT2D eigenvalue weighted by Gasteiger charge is 2.41. The average Bonchev–Trinajstić information content (AvgIpc) is 2.84. The lowest BCUT2D eigenvalue weighted by Crippen LogP contribution is -2.37. The second kappa shape index (κ2) is 5.49. The van der Waals surface area contributed by atoms with Gasteiger partial charge in [-0.3, -0.25) is 4.98 Å². The van der Waals surface area contributed by atoms with Crippen molar-refractivity contribution in [3.63, 3.8) is 0 Å². The summed E-state index contributed by atoms with van der Waals surface area (Å²) in [5.41, 5.74) is 2.71. The summed E-state index contributed by atoms with van der Waals surface area (Å²) in [4.78, 5) is 4.13. The second-order valence-electron chi connectivity index (χ2n) is 6.26. The van der Waals surface area contributed by atoms with Crippen LogP contribution in [0.4, 0.5) is 0 Å². The number of benzene rings is 1. The number of rotatable bonds is 3. The van der Waals surface area contributed by atoms with Crippen LogP contribution in [0, 0.1) is 0 Å². The summed E-state index contributed by atoms with van der Waals surface area (Å²) in [6.45, 7) is 4.55. The van der Waals surface area contributed by atoms with Crippen molar-refractivity contribution in [2.45, 2.75) is 37.8 Å². The summed E-state index contributed by atoms with van der Waals surface area (Å²) in [6, 6.07) is 13.0. The largest absolute Gasteiger partial charge is 0.497 e. The van der Waals surface area contributed by atoms with Crippen LogP contribution in [0.1, 0.15) is 43.4 Å². The van der Waals surface area contributed by atoms with E-state index < -0.39 is 0 Å². The van der Waals surface area contributed by atoms with Crippen molar-refractivity contribution in [1.82, 2.24) is 10.3 Å². The van der Waals surface area contributed by atoms with Gasteiger partial charge in [-0.05, 0) is 55.7 Å². The van der Waals surface area contributed by atoms with Gasteiger partial charge in [-0.15, -0.1) is 0 Å². The van der Waals surface area contributed by atoms with E-state index in [2.05, 4.69) is 54.5 Å². The third-order valence-corrected chi connectivity index (χ3v) is 4.49. The van der Waals surface area contributed by atoms with Crippen LogP contribution in [0.3, 0.4) is 0 Å². The first-order valence-corrected chi connectivity index (χ1v) is 7.42. The summed E-state index contributed by atoms with van der Waals surface area (Å²) in [5.74, 6) is 1.40. The quantitative estimate of drug-likeness (QED) is 0.932. The Labute approximate surface area is 126 Å². The molecule has 3 nitrogen and oxygen atoms in total. The minimum atomic E-state index is 0.0646. The standard InChI is InChI=1S/C18H22N2O/c1-18(2)16(13-7-9-19-10-8-13)12-17(20-18)14-5-4-6-15(11-14)21-3/h4-11,16-17,20H,12H2,1-3H3/t16-,17-/m1/s1. The van der Waals surface area contributed by atoms with Gasteiger partial charge in [0.15, 0.2) is 0 Å². The first-order valence-electron chi connectivity index (χ1n) is 7.42. The molecule has 3 heteroatoms. The van der Waals surface area contributed by atoms with Gasteiger partial charge in [0.1, 0.15) is 5.75 Å². The predicted molar refractivity (Wildman–Crippen MR) is 84.5 cm³/mol. The van der Waals surface area contributed by atoms with E-state index in [9.17, 15) is 0 Å². The SMILES string of the molecule is COc1cccc([C@H]2C[C@H](c3ccncc3)C(C)(C)N2)c1. The minimum absolute atomic E-state index is 0.0646. The molecule has 21 heavy (non-hydrogen) atoms. The van der Waals surface area contributed by atoms with E-state index in [1.54, 1.807) is 7.11 Å². The Balaban J connectivity index is 1.87. The van der Waals surface area contributed by atoms with Crippen LogP contribution in [-0.2, 0) is 0 Å². The molecule has 0 spiro atoms. The first kappa shape index (κ1) is 14.1. The monoisotopic (exact) mass is 282 g/mol. The molecule has 1 fully saturated rings. The molecule has 1 aromatic carbocycles.